The van der Waals surface area contributed by atoms with Gasteiger partial charge in [0.1, 0.15) is 0 Å². The van der Waals surface area contributed by atoms with Crippen molar-refractivity contribution in [2.75, 3.05) is 7.05 Å². The minimum absolute atomic E-state index is 0.315. The summed E-state index contributed by atoms with van der Waals surface area (Å²) in [6, 6.07) is 26.3. The van der Waals surface area contributed by atoms with Crippen molar-refractivity contribution in [3.05, 3.63) is 124 Å². The molecule has 0 unspecified atom stereocenters. The Kier molecular flexibility index (Phi) is 4.03. The van der Waals surface area contributed by atoms with Gasteiger partial charge >= 0.3 is 0 Å². The molecule has 0 aromatic heterocycles. The van der Waals surface area contributed by atoms with E-state index in [0.717, 1.165) is 0 Å². The van der Waals surface area contributed by atoms with Gasteiger partial charge in [0.15, 0.2) is 0 Å². The minimum Gasteiger partial charge on any atom is -0.394 e. The Morgan fingerprint density at radius 1 is 0.750 bits per heavy atom. The van der Waals surface area contributed by atoms with Gasteiger partial charge in [-0.3, -0.25) is 0 Å². The molecular weight excluding hydrogens is 358 g/mol. The number of hydrogen-bond donors (Lipinski definition) is 2. The first-order chi connectivity index (χ1) is 13.8. The second kappa shape index (κ2) is 6.57. The Balaban J connectivity index is 1.93. The summed E-state index contributed by atoms with van der Waals surface area (Å²) in [4.78, 5) is 0. The highest BCUT2D eigenvalue weighted by atomic mass is 32.1. The van der Waals surface area contributed by atoms with Crippen LogP contribution in [0.15, 0.2) is 102 Å². The molecule has 2 aliphatic rings. The SMILES string of the molecule is CN/C=C/C=C1\C(=C/S)C2(c3ccccc31)c1ccccc1-c1ccccc12. The second-order valence-electron chi connectivity index (χ2n) is 7.16. The van der Waals surface area contributed by atoms with Crippen LogP contribution in [0.2, 0.25) is 0 Å². The Morgan fingerprint density at radius 2 is 1.25 bits per heavy atom. The van der Waals surface area contributed by atoms with Crippen molar-refractivity contribution in [1.82, 2.24) is 5.32 Å². The fraction of sp³-hybridized carbons (Fsp3) is 0.0769. The Bertz CT molecular complexity index is 1120. The average molecular weight is 380 g/mol. The number of thiol groups is 1. The van der Waals surface area contributed by atoms with Gasteiger partial charge in [-0.25, -0.2) is 0 Å². The molecule has 1 spiro atoms. The predicted molar refractivity (Wildman–Crippen MR) is 121 cm³/mol. The molecule has 0 fully saturated rings. The Hall–Kier alpha value is -2.97. The summed E-state index contributed by atoms with van der Waals surface area (Å²) in [7, 11) is 1.91. The van der Waals surface area contributed by atoms with E-state index >= 15 is 0 Å². The van der Waals surface area contributed by atoms with Crippen molar-refractivity contribution >= 4 is 18.2 Å². The molecule has 0 radical (unpaired) electrons. The summed E-state index contributed by atoms with van der Waals surface area (Å²) < 4.78 is 0. The van der Waals surface area contributed by atoms with Crippen molar-refractivity contribution in [2.45, 2.75) is 5.41 Å². The average Bonchev–Trinajstić information content (AvgIpc) is 3.21. The van der Waals surface area contributed by atoms with Crippen LogP contribution in [-0.4, -0.2) is 7.05 Å². The zero-order valence-corrected chi connectivity index (χ0v) is 16.6. The minimum atomic E-state index is -0.315. The standard InChI is InChI=1S/C26H21NS/c1-27-16-8-12-21-20-11-4-7-15-24(20)26(25(21)17-28)22-13-5-2-9-18(22)19-10-3-6-14-23(19)26/h2-17,27-28H,1H3/b16-8+,21-12-,25-17+. The third-order valence-electron chi connectivity index (χ3n) is 5.92. The lowest BCUT2D eigenvalue weighted by Crippen LogP contribution is -2.25. The van der Waals surface area contributed by atoms with Crippen LogP contribution in [0, 0.1) is 0 Å². The van der Waals surface area contributed by atoms with Crippen molar-refractivity contribution in [1.29, 1.82) is 0 Å². The largest absolute Gasteiger partial charge is 0.394 e. The van der Waals surface area contributed by atoms with E-state index in [4.69, 9.17) is 12.6 Å². The predicted octanol–water partition coefficient (Wildman–Crippen LogP) is 5.95. The zero-order chi connectivity index (χ0) is 19.1. The van der Waals surface area contributed by atoms with Crippen LogP contribution in [0.1, 0.15) is 22.3 Å². The van der Waals surface area contributed by atoms with Gasteiger partial charge in [0.2, 0.25) is 0 Å². The molecule has 0 heterocycles. The number of rotatable bonds is 2. The Labute approximate surface area is 171 Å². The van der Waals surface area contributed by atoms with E-state index in [1.807, 2.05) is 18.7 Å². The van der Waals surface area contributed by atoms with Crippen molar-refractivity contribution in [3.8, 4) is 11.1 Å². The van der Waals surface area contributed by atoms with Crippen molar-refractivity contribution < 1.29 is 0 Å². The number of benzene rings is 3. The van der Waals surface area contributed by atoms with Gasteiger partial charge in [0, 0.05) is 7.05 Å². The first kappa shape index (κ1) is 17.2. The smallest absolute Gasteiger partial charge is 0.0730 e. The van der Waals surface area contributed by atoms with Gasteiger partial charge in [0.25, 0.3) is 0 Å². The molecule has 3 aromatic carbocycles. The molecule has 1 N–H and O–H groups in total. The molecule has 1 nitrogen and oxygen atoms in total. The molecule has 2 aliphatic carbocycles. The summed E-state index contributed by atoms with van der Waals surface area (Å²) in [5.41, 5.74) is 10.0. The molecule has 0 saturated carbocycles. The fourth-order valence-electron chi connectivity index (χ4n) is 4.94. The number of hydrogen-bond acceptors (Lipinski definition) is 2. The van der Waals surface area contributed by atoms with Crippen LogP contribution >= 0.6 is 12.6 Å². The van der Waals surface area contributed by atoms with Crippen molar-refractivity contribution in [3.63, 3.8) is 0 Å². The number of nitrogens with one attached hydrogen (secondary N) is 1. The molecule has 2 heteroatoms. The van der Waals surface area contributed by atoms with E-state index in [0.29, 0.717) is 0 Å². The van der Waals surface area contributed by atoms with Crippen LogP contribution in [0.3, 0.4) is 0 Å². The van der Waals surface area contributed by atoms with Crippen LogP contribution in [0.25, 0.3) is 16.7 Å². The first-order valence-electron chi connectivity index (χ1n) is 9.52. The van der Waals surface area contributed by atoms with Gasteiger partial charge in [-0.2, -0.15) is 12.6 Å². The monoisotopic (exact) mass is 379 g/mol. The molecule has 5 rings (SSSR count). The van der Waals surface area contributed by atoms with Crippen molar-refractivity contribution in [2.24, 2.45) is 0 Å². The lowest BCUT2D eigenvalue weighted by Gasteiger charge is -2.30. The summed E-state index contributed by atoms with van der Waals surface area (Å²) in [6.45, 7) is 0. The third-order valence-corrected chi connectivity index (χ3v) is 6.18. The molecule has 136 valence electrons. The van der Waals surface area contributed by atoms with E-state index in [1.54, 1.807) is 0 Å². The number of fused-ring (bicyclic) bond motifs is 7. The third kappa shape index (κ3) is 2.10. The molecule has 0 bridgehead atoms. The maximum atomic E-state index is 4.71. The lowest BCUT2D eigenvalue weighted by atomic mass is 9.71. The molecule has 3 aromatic rings. The summed E-state index contributed by atoms with van der Waals surface area (Å²) in [6.07, 6.45) is 6.21. The lowest BCUT2D eigenvalue weighted by molar-refractivity contribution is 0.796. The van der Waals surface area contributed by atoms with E-state index in [2.05, 4.69) is 90.3 Å². The van der Waals surface area contributed by atoms with Crippen LogP contribution in [-0.2, 0) is 5.41 Å². The normalized spacial score (nSPS) is 18.6. The van der Waals surface area contributed by atoms with Gasteiger partial charge in [-0.15, -0.1) is 0 Å². The molecule has 0 amide bonds. The molecule has 0 saturated heterocycles. The highest BCUT2D eigenvalue weighted by Crippen LogP contribution is 2.63. The van der Waals surface area contributed by atoms with Crippen LogP contribution < -0.4 is 5.32 Å². The van der Waals surface area contributed by atoms with E-state index in [-0.39, 0.29) is 5.41 Å². The first-order valence-corrected chi connectivity index (χ1v) is 10.0. The Morgan fingerprint density at radius 3 is 1.79 bits per heavy atom. The summed E-state index contributed by atoms with van der Waals surface area (Å²) in [5.74, 6) is 0. The molecular formula is C26H21NS. The summed E-state index contributed by atoms with van der Waals surface area (Å²) >= 11 is 4.71. The number of allylic oxidation sites excluding steroid dienone is 4. The zero-order valence-electron chi connectivity index (χ0n) is 15.7. The van der Waals surface area contributed by atoms with Gasteiger partial charge in [-0.05, 0) is 62.2 Å². The maximum Gasteiger partial charge on any atom is 0.0730 e. The molecule has 0 aliphatic heterocycles. The van der Waals surface area contributed by atoms with Gasteiger partial charge in [-0.1, -0.05) is 78.9 Å². The quantitative estimate of drug-likeness (QED) is 0.525. The van der Waals surface area contributed by atoms with Crippen LogP contribution in [0.4, 0.5) is 0 Å². The molecule has 28 heavy (non-hydrogen) atoms. The highest BCUT2D eigenvalue weighted by molar-refractivity contribution is 7.83. The molecule has 0 atom stereocenters. The second-order valence-corrected chi connectivity index (χ2v) is 7.42. The highest BCUT2D eigenvalue weighted by Gasteiger charge is 2.52. The van der Waals surface area contributed by atoms with E-state index in [9.17, 15) is 0 Å². The van der Waals surface area contributed by atoms with E-state index < -0.39 is 0 Å². The maximum absolute atomic E-state index is 4.71. The van der Waals surface area contributed by atoms with Gasteiger partial charge in [0.05, 0.1) is 5.41 Å². The topological polar surface area (TPSA) is 12.0 Å². The van der Waals surface area contributed by atoms with Gasteiger partial charge < -0.3 is 5.32 Å². The fourth-order valence-corrected chi connectivity index (χ4v) is 5.27. The van der Waals surface area contributed by atoms with E-state index in [1.165, 1.54) is 44.5 Å². The van der Waals surface area contributed by atoms with Crippen LogP contribution in [0.5, 0.6) is 0 Å². The summed E-state index contributed by atoms with van der Waals surface area (Å²) in [5, 5.41) is 5.08.